The molecule has 0 aliphatic carbocycles. The molecule has 0 aromatic rings. The zero-order chi connectivity index (χ0) is 0. The molecule has 0 aliphatic rings. The molecule has 0 heterocycles. The van der Waals surface area contributed by atoms with Gasteiger partial charge in [-0.25, -0.2) is 0 Å². The molecule has 0 unspecified atom stereocenters. The van der Waals surface area contributed by atoms with E-state index in [1.54, 1.807) is 0 Å². The molecule has 0 nitrogen and oxygen atoms in total. The summed E-state index contributed by atoms with van der Waals surface area (Å²) in [6.07, 6.45) is 0. The van der Waals surface area contributed by atoms with Crippen LogP contribution in [-0.2, 0) is 0 Å². The Hall–Kier alpha value is 2.52. The van der Waals surface area contributed by atoms with Crippen molar-refractivity contribution in [3.63, 3.8) is 0 Å². The summed E-state index contributed by atoms with van der Waals surface area (Å²) in [4.78, 5) is 0. The summed E-state index contributed by atoms with van der Waals surface area (Å²) in [5.41, 5.74) is 0. The average Bonchev–Trinajstić information content (AvgIpc) is 0. The van der Waals surface area contributed by atoms with Gasteiger partial charge in [-0.2, -0.15) is 0 Å². The van der Waals surface area contributed by atoms with E-state index in [2.05, 4.69) is 0 Å². The Morgan fingerprint density at radius 3 is 0.400 bits per heavy atom. The van der Waals surface area contributed by atoms with Crippen molar-refractivity contribution < 1.29 is 68.4 Å². The predicted octanol–water partition coefficient (Wildman–Crippen LogP) is -24.7. The van der Waals surface area contributed by atoms with Crippen LogP contribution in [0.4, 0.5) is 0 Å². The van der Waals surface area contributed by atoms with Crippen LogP contribution in [0, 0.1) is 0 Å². The molecule has 0 saturated carbocycles. The van der Waals surface area contributed by atoms with Crippen molar-refractivity contribution in [2.24, 2.45) is 0 Å². The van der Waals surface area contributed by atoms with Gasteiger partial charge in [0.25, 0.3) is 0 Å². The van der Waals surface area contributed by atoms with E-state index in [4.69, 9.17) is 0 Å². The minimum absolute atomic E-state index is 0. The van der Waals surface area contributed by atoms with E-state index >= 15 is 0 Å². The van der Waals surface area contributed by atoms with Crippen LogP contribution in [0.1, 0.15) is 0 Å². The first-order valence-corrected chi connectivity index (χ1v) is 0. The second kappa shape index (κ2) is 201. The molecule has 10 heavy (non-hydrogen) atoms. The molecule has 0 spiro atoms. The van der Waals surface area contributed by atoms with Crippen LogP contribution in [-0.4, -0.2) is 48.9 Å². The fourth-order valence-electron chi connectivity index (χ4n) is 0. The zero-order valence-corrected chi connectivity index (χ0v) is 12.0. The van der Waals surface area contributed by atoms with Crippen LogP contribution >= 0.6 is 0 Å². The molecule has 66 valence electrons. The molecule has 0 N–H and O–H groups in total. The van der Waals surface area contributed by atoms with E-state index in [-0.39, 0.29) is 117 Å². The fraction of sp³-hybridized carbons (Fsp3) is 0. The van der Waals surface area contributed by atoms with E-state index in [1.807, 2.05) is 0 Å². The summed E-state index contributed by atoms with van der Waals surface area (Å²) in [5.74, 6) is 0. The molecule has 0 amide bonds. The van der Waals surface area contributed by atoms with Gasteiger partial charge in [0.1, 0.15) is 0 Å². The molecule has 0 aromatic heterocycles. The third-order valence-corrected chi connectivity index (χ3v) is 0. The molecule has 0 atom stereocenters. The zero-order valence-electron chi connectivity index (χ0n) is 3.92. The summed E-state index contributed by atoms with van der Waals surface area (Å²) in [5, 5.41) is 0. The van der Waals surface area contributed by atoms with Gasteiger partial charge in [0, 0.05) is 0 Å². The van der Waals surface area contributed by atoms with Crippen molar-refractivity contribution in [2.45, 2.75) is 0 Å². The third-order valence-electron chi connectivity index (χ3n) is 0. The Kier molecular flexibility index (Phi) is 5270. The molecule has 0 rings (SSSR count). The maximum Gasteiger partial charge on any atom is 5.00 e. The fourth-order valence-corrected chi connectivity index (χ4v) is 0. The second-order valence-corrected chi connectivity index (χ2v) is 0. The summed E-state index contributed by atoms with van der Waals surface area (Å²) >= 11 is 0. The summed E-state index contributed by atoms with van der Waals surface area (Å²) < 4.78 is 0. The first-order valence-electron chi connectivity index (χ1n) is 0. The Bertz CT molecular complexity index is 15.2. The van der Waals surface area contributed by atoms with Crippen molar-refractivity contribution in [3.05, 3.63) is 0 Å². The maximum absolute atomic E-state index is 0. The smallest absolute Gasteiger partial charge is 1.00 e. The van der Waals surface area contributed by atoms with Crippen molar-refractivity contribution >= 4 is 48.9 Å². The first kappa shape index (κ1) is 262. The molecule has 0 fully saturated rings. The largest absolute Gasteiger partial charge is 5.00 e. The van der Waals surface area contributed by atoms with Crippen LogP contribution in [0.2, 0.25) is 0 Å². The normalized spacial score (nSPS) is 0. The van der Waals surface area contributed by atoms with E-state index in [1.165, 1.54) is 0 Å². The number of hydrogen-bond donors (Lipinski definition) is 0. The van der Waals surface area contributed by atoms with Gasteiger partial charge in [0.15, 0.2) is 0 Å². The van der Waals surface area contributed by atoms with Crippen molar-refractivity contribution in [1.82, 2.24) is 0 Å². The van der Waals surface area contributed by atoms with Crippen molar-refractivity contribution in [2.75, 3.05) is 0 Å². The van der Waals surface area contributed by atoms with Gasteiger partial charge in [0.05, 0.1) is 0 Å². The van der Waals surface area contributed by atoms with Crippen LogP contribution in [0.5, 0.6) is 0 Å². The molecular weight excluding hydrogens is 461 g/mol. The SMILES string of the molecule is [Cl-].[Cl-].[Cl-].[Cl-].[F-].[F-].[F-].[F-].[Sb+3].[Sb+5]. The summed E-state index contributed by atoms with van der Waals surface area (Å²) in [6, 6.07) is 0. The quantitative estimate of drug-likeness (QED) is 0.249. The topological polar surface area (TPSA) is 0 Å². The van der Waals surface area contributed by atoms with Crippen LogP contribution in [0.25, 0.3) is 0 Å². The van der Waals surface area contributed by atoms with E-state index in [9.17, 15) is 0 Å². The minimum Gasteiger partial charge on any atom is -1.00 e. The molecule has 0 aromatic carbocycles. The summed E-state index contributed by atoms with van der Waals surface area (Å²) in [6.45, 7) is 0. The average molecular weight is 461 g/mol. The molecule has 0 bridgehead atoms. The monoisotopic (exact) mass is 458 g/mol. The molecule has 0 aliphatic heterocycles. The number of rotatable bonds is 0. The first-order chi connectivity index (χ1) is 0. The van der Waals surface area contributed by atoms with Crippen LogP contribution in [0.3, 0.4) is 0 Å². The van der Waals surface area contributed by atoms with Crippen LogP contribution in [0.15, 0.2) is 0 Å². The minimum atomic E-state index is 0. The Labute approximate surface area is 116 Å². The van der Waals surface area contributed by atoms with Crippen molar-refractivity contribution in [3.8, 4) is 0 Å². The third kappa shape index (κ3) is 150. The van der Waals surface area contributed by atoms with Gasteiger partial charge in [0.2, 0.25) is 0 Å². The Morgan fingerprint density at radius 1 is 0.400 bits per heavy atom. The van der Waals surface area contributed by atoms with Gasteiger partial charge < -0.3 is 68.4 Å². The van der Waals surface area contributed by atoms with E-state index < -0.39 is 0 Å². The van der Waals surface area contributed by atoms with Gasteiger partial charge >= 0.3 is 48.9 Å². The summed E-state index contributed by atoms with van der Waals surface area (Å²) in [7, 11) is 0. The van der Waals surface area contributed by atoms with Gasteiger partial charge in [-0.15, -0.1) is 0 Å². The van der Waals surface area contributed by atoms with Gasteiger partial charge in [-0.3, -0.25) is 0 Å². The standard InChI is InChI=1S/4ClH.4FH.2Sb/h8*1H;;/q;;;;;;;;+3;+5/p-8. The molecule has 10 heteroatoms. The van der Waals surface area contributed by atoms with E-state index in [0.717, 1.165) is 0 Å². The molecular formula is Cl4F4Sb2. The van der Waals surface area contributed by atoms with Crippen molar-refractivity contribution in [1.29, 1.82) is 0 Å². The van der Waals surface area contributed by atoms with E-state index in [0.29, 0.717) is 0 Å². The van der Waals surface area contributed by atoms with Crippen LogP contribution < -0.4 is 68.4 Å². The Morgan fingerprint density at radius 2 is 0.400 bits per heavy atom. The number of hydrogen-bond acceptors (Lipinski definition) is 0. The molecule has 0 saturated heterocycles. The number of halogens is 8. The van der Waals surface area contributed by atoms with Gasteiger partial charge in [-0.05, 0) is 0 Å². The van der Waals surface area contributed by atoms with Gasteiger partial charge in [-0.1, -0.05) is 0 Å². The predicted molar refractivity (Wildman–Crippen MR) is 11.5 cm³/mol. The Balaban J connectivity index is 0. The second-order valence-electron chi connectivity index (χ2n) is 0. The maximum atomic E-state index is 0. The molecule has 2 radical (unpaired) electrons.